The summed E-state index contributed by atoms with van der Waals surface area (Å²) in [5.41, 5.74) is 4.27. The number of ether oxygens (including phenoxy) is 3. The highest BCUT2D eigenvalue weighted by atomic mass is 19.4. The first kappa shape index (κ1) is 29.0. The van der Waals surface area contributed by atoms with Crippen molar-refractivity contribution in [3.05, 3.63) is 77.0 Å². The Kier molecular flexibility index (Phi) is 10.1. The number of anilines is 1. The minimum Gasteiger partial charge on any atom is -0.482 e. The van der Waals surface area contributed by atoms with Crippen LogP contribution in [0.5, 0.6) is 5.75 Å². The first-order valence-corrected chi connectivity index (χ1v) is 12.4. The largest absolute Gasteiger partial charge is 0.482 e. The third kappa shape index (κ3) is 7.95. The van der Waals surface area contributed by atoms with Crippen molar-refractivity contribution in [2.75, 3.05) is 38.9 Å². The highest BCUT2D eigenvalue weighted by molar-refractivity contribution is 5.71. The Balaban J connectivity index is 1.74. The van der Waals surface area contributed by atoms with Gasteiger partial charge in [0.2, 0.25) is 0 Å². The predicted molar refractivity (Wildman–Crippen MR) is 140 cm³/mol. The van der Waals surface area contributed by atoms with E-state index < -0.39 is 17.7 Å². The van der Waals surface area contributed by atoms with Crippen LogP contribution in [0.2, 0.25) is 0 Å². The second kappa shape index (κ2) is 13.3. The zero-order valence-corrected chi connectivity index (χ0v) is 22.1. The summed E-state index contributed by atoms with van der Waals surface area (Å²) in [4.78, 5) is 18.5. The van der Waals surface area contributed by atoms with E-state index in [1.54, 1.807) is 14.0 Å². The average molecular weight is 531 g/mol. The topological polar surface area (TPSA) is 60.9 Å². The Bertz CT molecular complexity index is 1210. The predicted octanol–water partition coefficient (Wildman–Crippen LogP) is 6.23. The molecule has 0 unspecified atom stereocenters. The van der Waals surface area contributed by atoms with Crippen molar-refractivity contribution in [1.29, 1.82) is 0 Å². The molecule has 0 amide bonds. The number of nitrogens with zero attached hydrogens (tertiary/aromatic N) is 2. The van der Waals surface area contributed by atoms with E-state index in [0.29, 0.717) is 36.8 Å². The number of methoxy groups -OCH3 is 1. The summed E-state index contributed by atoms with van der Waals surface area (Å²) in [6.45, 7) is 4.96. The van der Waals surface area contributed by atoms with Gasteiger partial charge in [-0.05, 0) is 74.2 Å². The molecule has 3 aromatic rings. The molecule has 204 valence electrons. The molecule has 0 saturated carbocycles. The van der Waals surface area contributed by atoms with Gasteiger partial charge in [0.15, 0.2) is 6.61 Å². The molecule has 0 fully saturated rings. The number of aryl methyl sites for hydroxylation is 2. The summed E-state index contributed by atoms with van der Waals surface area (Å²) in [6.07, 6.45) is -2.85. The molecule has 1 aromatic heterocycles. The molecule has 0 aliphatic rings. The highest BCUT2D eigenvalue weighted by Gasteiger charge is 2.30. The quantitative estimate of drug-likeness (QED) is 0.204. The number of esters is 1. The minimum atomic E-state index is -4.37. The summed E-state index contributed by atoms with van der Waals surface area (Å²) < 4.78 is 54.5. The van der Waals surface area contributed by atoms with Crippen molar-refractivity contribution in [2.24, 2.45) is 0 Å². The fraction of sp³-hybridized carbons (Fsp3) is 0.379. The lowest BCUT2D eigenvalue weighted by Crippen LogP contribution is -2.18. The summed E-state index contributed by atoms with van der Waals surface area (Å²) in [7, 11) is 3.62. The van der Waals surface area contributed by atoms with Crippen LogP contribution in [0.15, 0.2) is 54.6 Å². The van der Waals surface area contributed by atoms with Gasteiger partial charge in [0, 0.05) is 44.3 Å². The molecular formula is C29H33F3N2O4. The second-order valence-electron chi connectivity index (χ2n) is 8.85. The molecule has 0 atom stereocenters. The number of halogens is 3. The van der Waals surface area contributed by atoms with E-state index in [2.05, 4.69) is 9.88 Å². The summed E-state index contributed by atoms with van der Waals surface area (Å²) in [6, 6.07) is 14.6. The SMILES string of the molecule is CCOC(=O)COc1ccc(N(C)Cc2ccc(-c3ccc(C(F)(F)F)cc3)nc2C)cc1CCCOC. The number of benzene rings is 2. The average Bonchev–Trinajstić information content (AvgIpc) is 2.89. The van der Waals surface area contributed by atoms with E-state index in [0.717, 1.165) is 47.5 Å². The van der Waals surface area contributed by atoms with Crippen LogP contribution in [0, 0.1) is 6.92 Å². The van der Waals surface area contributed by atoms with E-state index in [1.165, 1.54) is 12.1 Å². The Hall–Kier alpha value is -3.59. The van der Waals surface area contributed by atoms with E-state index >= 15 is 0 Å². The van der Waals surface area contributed by atoms with Crippen LogP contribution in [0.1, 0.15) is 35.7 Å². The monoisotopic (exact) mass is 530 g/mol. The smallest absolute Gasteiger partial charge is 0.416 e. The van der Waals surface area contributed by atoms with Crippen LogP contribution in [0.4, 0.5) is 18.9 Å². The molecule has 38 heavy (non-hydrogen) atoms. The molecule has 0 saturated heterocycles. The molecule has 3 rings (SSSR count). The van der Waals surface area contributed by atoms with Gasteiger partial charge in [0.25, 0.3) is 0 Å². The van der Waals surface area contributed by atoms with Crippen LogP contribution in [-0.2, 0) is 33.4 Å². The maximum Gasteiger partial charge on any atom is 0.416 e. The molecule has 9 heteroatoms. The van der Waals surface area contributed by atoms with Crippen molar-refractivity contribution in [2.45, 2.75) is 39.4 Å². The maximum absolute atomic E-state index is 12.9. The third-order valence-corrected chi connectivity index (χ3v) is 6.04. The van der Waals surface area contributed by atoms with Gasteiger partial charge >= 0.3 is 12.1 Å². The Morgan fingerprint density at radius 1 is 1.03 bits per heavy atom. The molecular weight excluding hydrogens is 497 g/mol. The van der Waals surface area contributed by atoms with E-state index in [1.807, 2.05) is 44.3 Å². The summed E-state index contributed by atoms with van der Waals surface area (Å²) in [5, 5.41) is 0. The Morgan fingerprint density at radius 2 is 1.76 bits per heavy atom. The first-order valence-electron chi connectivity index (χ1n) is 12.4. The standard InChI is InChI=1S/C29H33F3N2O4/c1-5-37-28(35)19-38-27-15-13-25(17-22(27)7-6-16-36-4)34(3)18-23-10-14-26(33-20(23)2)21-8-11-24(12-9-21)29(30,31)32/h8-15,17H,5-7,16,18-19H2,1-4H3. The van der Waals surface area contributed by atoms with E-state index in [4.69, 9.17) is 14.2 Å². The lowest BCUT2D eigenvalue weighted by Gasteiger charge is -2.22. The van der Waals surface area contributed by atoms with Gasteiger partial charge in [-0.25, -0.2) is 4.79 Å². The van der Waals surface area contributed by atoms with Crippen LogP contribution >= 0.6 is 0 Å². The van der Waals surface area contributed by atoms with Gasteiger partial charge in [-0.15, -0.1) is 0 Å². The fourth-order valence-electron chi connectivity index (χ4n) is 3.98. The molecule has 2 aromatic carbocycles. The fourth-order valence-corrected chi connectivity index (χ4v) is 3.98. The van der Waals surface area contributed by atoms with Gasteiger partial charge in [-0.1, -0.05) is 18.2 Å². The van der Waals surface area contributed by atoms with E-state index in [9.17, 15) is 18.0 Å². The number of hydrogen-bond donors (Lipinski definition) is 0. The third-order valence-electron chi connectivity index (χ3n) is 6.04. The van der Waals surface area contributed by atoms with Gasteiger partial charge in [-0.3, -0.25) is 4.98 Å². The number of aromatic nitrogens is 1. The normalized spacial score (nSPS) is 11.3. The van der Waals surface area contributed by atoms with Crippen LogP contribution in [-0.4, -0.2) is 44.9 Å². The molecule has 0 spiro atoms. The molecule has 0 aliphatic heterocycles. The molecule has 1 heterocycles. The molecule has 0 bridgehead atoms. The van der Waals surface area contributed by atoms with Gasteiger partial charge in [-0.2, -0.15) is 13.2 Å². The van der Waals surface area contributed by atoms with Crippen molar-refractivity contribution in [1.82, 2.24) is 4.98 Å². The van der Waals surface area contributed by atoms with Gasteiger partial charge in [0.05, 0.1) is 17.9 Å². The van der Waals surface area contributed by atoms with Crippen LogP contribution < -0.4 is 9.64 Å². The van der Waals surface area contributed by atoms with Crippen molar-refractivity contribution < 1.29 is 32.2 Å². The molecule has 0 aliphatic carbocycles. The van der Waals surface area contributed by atoms with E-state index in [-0.39, 0.29) is 6.61 Å². The number of pyridine rings is 1. The maximum atomic E-state index is 12.9. The van der Waals surface area contributed by atoms with Crippen molar-refractivity contribution >= 4 is 11.7 Å². The highest BCUT2D eigenvalue weighted by Crippen LogP contribution is 2.31. The summed E-state index contributed by atoms with van der Waals surface area (Å²) >= 11 is 0. The number of carbonyl (C=O) groups excluding carboxylic acids is 1. The Labute approximate surface area is 221 Å². The van der Waals surface area contributed by atoms with Crippen LogP contribution in [0.3, 0.4) is 0 Å². The van der Waals surface area contributed by atoms with Crippen molar-refractivity contribution in [3.8, 4) is 17.0 Å². The number of hydrogen-bond acceptors (Lipinski definition) is 6. The lowest BCUT2D eigenvalue weighted by molar-refractivity contribution is -0.145. The zero-order valence-electron chi connectivity index (χ0n) is 22.1. The molecule has 0 radical (unpaired) electrons. The summed E-state index contributed by atoms with van der Waals surface area (Å²) in [5.74, 6) is 0.212. The Morgan fingerprint density at radius 3 is 2.39 bits per heavy atom. The first-order chi connectivity index (χ1) is 18.1. The number of carbonyl (C=O) groups is 1. The van der Waals surface area contributed by atoms with Crippen molar-refractivity contribution in [3.63, 3.8) is 0 Å². The van der Waals surface area contributed by atoms with Crippen LogP contribution in [0.25, 0.3) is 11.3 Å². The lowest BCUT2D eigenvalue weighted by atomic mass is 10.1. The zero-order chi connectivity index (χ0) is 27.7. The molecule has 0 N–H and O–H groups in total. The number of alkyl halides is 3. The van der Waals surface area contributed by atoms with Gasteiger partial charge in [0.1, 0.15) is 5.75 Å². The van der Waals surface area contributed by atoms with Gasteiger partial charge < -0.3 is 19.1 Å². The minimum absolute atomic E-state index is 0.156. The molecule has 6 nitrogen and oxygen atoms in total. The number of rotatable bonds is 12. The second-order valence-corrected chi connectivity index (χ2v) is 8.85.